The maximum atomic E-state index is 11.7. The number of carbonyl (C=O) groups is 1. The Morgan fingerprint density at radius 3 is 2.26 bits per heavy atom. The molecule has 34 heavy (non-hydrogen) atoms. The average Bonchev–Trinajstić information content (AvgIpc) is 3.22. The van der Waals surface area contributed by atoms with Gasteiger partial charge in [-0.25, -0.2) is 17.9 Å². The molecule has 0 unspecified atom stereocenters. The summed E-state index contributed by atoms with van der Waals surface area (Å²) in [7, 11) is -1.62. The first-order valence-electron chi connectivity index (χ1n) is 11.0. The minimum Gasteiger partial charge on any atom is -0.497 e. The minimum atomic E-state index is -3.22. The molecule has 1 aromatic heterocycles. The van der Waals surface area contributed by atoms with Crippen LogP contribution in [-0.2, 0) is 16.4 Å². The van der Waals surface area contributed by atoms with Crippen molar-refractivity contribution in [3.05, 3.63) is 65.4 Å². The Kier molecular flexibility index (Phi) is 6.87. The van der Waals surface area contributed by atoms with Gasteiger partial charge >= 0.3 is 5.97 Å². The quantitative estimate of drug-likeness (QED) is 0.514. The van der Waals surface area contributed by atoms with Gasteiger partial charge in [-0.15, -0.1) is 5.10 Å². The molecule has 180 valence electrons. The Morgan fingerprint density at radius 2 is 1.71 bits per heavy atom. The topological polar surface area (TPSA) is 121 Å². The van der Waals surface area contributed by atoms with Crippen molar-refractivity contribution in [2.75, 3.05) is 13.4 Å². The van der Waals surface area contributed by atoms with E-state index in [0.717, 1.165) is 42.6 Å². The Balaban J connectivity index is 1.43. The number of benzene rings is 2. The highest BCUT2D eigenvalue weighted by atomic mass is 32.2. The maximum absolute atomic E-state index is 11.7. The first-order valence-corrected chi connectivity index (χ1v) is 12.9. The number of ether oxygens (including phenoxy) is 2. The van der Waals surface area contributed by atoms with Crippen LogP contribution in [0, 0.1) is 0 Å². The molecule has 0 saturated heterocycles. The second-order valence-corrected chi connectivity index (χ2v) is 10.5. The predicted molar refractivity (Wildman–Crippen MR) is 124 cm³/mol. The van der Waals surface area contributed by atoms with Crippen molar-refractivity contribution in [3.8, 4) is 11.6 Å². The molecule has 4 rings (SSSR count). The molecule has 3 aromatic rings. The molecule has 0 bridgehead atoms. The molecule has 0 atom stereocenters. The van der Waals surface area contributed by atoms with E-state index in [1.54, 1.807) is 19.2 Å². The van der Waals surface area contributed by atoms with E-state index in [1.165, 1.54) is 10.9 Å². The fourth-order valence-corrected chi connectivity index (χ4v) is 4.85. The lowest BCUT2D eigenvalue weighted by Gasteiger charge is -2.29. The van der Waals surface area contributed by atoms with Gasteiger partial charge in [-0.1, -0.05) is 29.5 Å². The summed E-state index contributed by atoms with van der Waals surface area (Å²) in [5.41, 5.74) is 1.81. The van der Waals surface area contributed by atoms with Gasteiger partial charge in [0.05, 0.1) is 18.6 Å². The van der Waals surface area contributed by atoms with Crippen molar-refractivity contribution in [1.29, 1.82) is 0 Å². The van der Waals surface area contributed by atoms with Crippen LogP contribution in [0.25, 0.3) is 0 Å². The highest BCUT2D eigenvalue weighted by Gasteiger charge is 2.28. The molecule has 1 fully saturated rings. The number of aromatic nitrogens is 3. The monoisotopic (exact) mass is 485 g/mol. The summed E-state index contributed by atoms with van der Waals surface area (Å²) in [6.45, 7) is 0.321. The second kappa shape index (κ2) is 9.84. The number of carboxylic acid groups (broad SMARTS) is 1. The molecule has 9 nitrogen and oxygen atoms in total. The number of hydrogen-bond acceptors (Lipinski definition) is 7. The van der Waals surface area contributed by atoms with Gasteiger partial charge in [-0.05, 0) is 67.0 Å². The third kappa shape index (κ3) is 5.39. The average molecular weight is 486 g/mol. The lowest BCUT2D eigenvalue weighted by molar-refractivity contribution is 0.0676. The van der Waals surface area contributed by atoms with Crippen molar-refractivity contribution < 1.29 is 27.8 Å². The van der Waals surface area contributed by atoms with Crippen LogP contribution in [0.2, 0.25) is 0 Å². The summed E-state index contributed by atoms with van der Waals surface area (Å²) in [5, 5.41) is 17.4. The maximum Gasteiger partial charge on any atom is 0.362 e. The van der Waals surface area contributed by atoms with Gasteiger partial charge in [-0.2, -0.15) is 0 Å². The molecule has 0 amide bonds. The zero-order chi connectivity index (χ0) is 24.3. The largest absolute Gasteiger partial charge is 0.497 e. The first-order chi connectivity index (χ1) is 16.2. The van der Waals surface area contributed by atoms with Crippen LogP contribution >= 0.6 is 0 Å². The SMILES string of the molecule is COc1ccc(Cn2nnc(C(=O)O)c2O[C@H]2CC[C@H](c3ccc(S(C)(=O)=O)cc3)CC2)cc1. The van der Waals surface area contributed by atoms with Gasteiger partial charge < -0.3 is 14.6 Å². The molecule has 0 aliphatic heterocycles. The summed E-state index contributed by atoms with van der Waals surface area (Å²) in [4.78, 5) is 12.0. The van der Waals surface area contributed by atoms with Gasteiger partial charge in [0, 0.05) is 6.26 Å². The molecule has 10 heteroatoms. The number of rotatable bonds is 8. The Hall–Kier alpha value is -3.40. The molecule has 1 aliphatic rings. The van der Waals surface area contributed by atoms with Crippen molar-refractivity contribution in [2.45, 2.75) is 49.1 Å². The smallest absolute Gasteiger partial charge is 0.362 e. The Bertz CT molecular complexity index is 1240. The zero-order valence-electron chi connectivity index (χ0n) is 19.0. The van der Waals surface area contributed by atoms with Gasteiger partial charge in [0.15, 0.2) is 9.84 Å². The van der Waals surface area contributed by atoms with E-state index < -0.39 is 15.8 Å². The molecule has 1 heterocycles. The highest BCUT2D eigenvalue weighted by molar-refractivity contribution is 7.90. The molecular weight excluding hydrogens is 458 g/mol. The normalized spacial score (nSPS) is 18.4. The first kappa shape index (κ1) is 23.7. The summed E-state index contributed by atoms with van der Waals surface area (Å²) in [5.74, 6) is 0.00222. The van der Waals surface area contributed by atoms with Crippen LogP contribution in [0.5, 0.6) is 11.6 Å². The van der Waals surface area contributed by atoms with Gasteiger partial charge in [-0.3, -0.25) is 0 Å². The van der Waals surface area contributed by atoms with E-state index in [4.69, 9.17) is 9.47 Å². The second-order valence-electron chi connectivity index (χ2n) is 8.49. The van der Waals surface area contributed by atoms with Crippen molar-refractivity contribution in [2.24, 2.45) is 0 Å². The van der Waals surface area contributed by atoms with E-state index in [0.29, 0.717) is 17.4 Å². The van der Waals surface area contributed by atoms with E-state index in [-0.39, 0.29) is 17.7 Å². The van der Waals surface area contributed by atoms with Gasteiger partial charge in [0.25, 0.3) is 0 Å². The number of methoxy groups -OCH3 is 1. The lowest BCUT2D eigenvalue weighted by atomic mass is 9.83. The molecule has 1 aliphatic carbocycles. The zero-order valence-corrected chi connectivity index (χ0v) is 19.9. The summed E-state index contributed by atoms with van der Waals surface area (Å²) >= 11 is 0. The van der Waals surface area contributed by atoms with Gasteiger partial charge in [0.2, 0.25) is 11.6 Å². The van der Waals surface area contributed by atoms with E-state index in [9.17, 15) is 18.3 Å². The third-order valence-electron chi connectivity index (χ3n) is 6.12. The molecule has 1 N–H and O–H groups in total. The summed E-state index contributed by atoms with van der Waals surface area (Å²) < 4.78 is 36.2. The number of aromatic carboxylic acids is 1. The number of carboxylic acids is 1. The lowest BCUT2D eigenvalue weighted by Crippen LogP contribution is -2.25. The van der Waals surface area contributed by atoms with Crippen LogP contribution in [0.15, 0.2) is 53.4 Å². The molecule has 0 radical (unpaired) electrons. The van der Waals surface area contributed by atoms with Crippen LogP contribution in [0.3, 0.4) is 0 Å². The fraction of sp³-hybridized carbons (Fsp3) is 0.375. The Labute approximate surface area is 198 Å². The summed E-state index contributed by atoms with van der Waals surface area (Å²) in [6.07, 6.45) is 4.23. The van der Waals surface area contributed by atoms with Gasteiger partial charge in [0.1, 0.15) is 11.9 Å². The number of sulfone groups is 1. The fourth-order valence-electron chi connectivity index (χ4n) is 4.22. The molecule has 1 saturated carbocycles. The van der Waals surface area contributed by atoms with Crippen LogP contribution in [0.4, 0.5) is 0 Å². The number of nitrogens with zero attached hydrogens (tertiary/aromatic N) is 3. The highest BCUT2D eigenvalue weighted by Crippen LogP contribution is 2.35. The van der Waals surface area contributed by atoms with E-state index in [1.807, 2.05) is 36.4 Å². The van der Waals surface area contributed by atoms with E-state index in [2.05, 4.69) is 10.3 Å². The van der Waals surface area contributed by atoms with Crippen molar-refractivity contribution >= 4 is 15.8 Å². The molecule has 2 aromatic carbocycles. The minimum absolute atomic E-state index is 0.155. The van der Waals surface area contributed by atoms with Crippen LogP contribution < -0.4 is 9.47 Å². The van der Waals surface area contributed by atoms with Crippen molar-refractivity contribution in [1.82, 2.24) is 15.0 Å². The summed E-state index contributed by atoms with van der Waals surface area (Å²) in [6, 6.07) is 14.5. The van der Waals surface area contributed by atoms with Crippen LogP contribution in [-0.4, -0.2) is 54.0 Å². The number of hydrogen-bond donors (Lipinski definition) is 1. The standard InChI is InChI=1S/C24H27N3O6S/c1-32-19-9-3-16(4-10-19)15-27-23(22(24(28)29)25-26-27)33-20-11-5-17(6-12-20)18-7-13-21(14-8-18)34(2,30)31/h3-4,7-10,13-14,17,20H,5-6,11-12,15H2,1-2H3,(H,28,29)/t17-,20-. The van der Waals surface area contributed by atoms with Crippen molar-refractivity contribution in [3.63, 3.8) is 0 Å². The Morgan fingerprint density at radius 1 is 1.06 bits per heavy atom. The molecular formula is C24H27N3O6S. The molecule has 0 spiro atoms. The predicted octanol–water partition coefficient (Wildman–Crippen LogP) is 3.54. The third-order valence-corrected chi connectivity index (χ3v) is 7.24. The van der Waals surface area contributed by atoms with Crippen LogP contribution in [0.1, 0.15) is 53.2 Å². The van der Waals surface area contributed by atoms with E-state index >= 15 is 0 Å².